The Labute approximate surface area is 57.3 Å². The predicted octanol–water partition coefficient (Wildman–Crippen LogP) is -0.368. The summed E-state index contributed by atoms with van der Waals surface area (Å²) in [6.45, 7) is 0. The lowest BCUT2D eigenvalue weighted by Crippen LogP contribution is -1.98. The standard InChI is InChI=1S/C4H3NO2.ClH.H2O/c6-4-5-2-1-3-7-4;;/h1-3H;1H;1H2. The molecule has 0 fully saturated rings. The lowest BCUT2D eigenvalue weighted by Gasteiger charge is -1.71. The Bertz CT molecular complexity index is 182. The van der Waals surface area contributed by atoms with Gasteiger partial charge in [0, 0.05) is 6.20 Å². The van der Waals surface area contributed by atoms with Crippen molar-refractivity contribution in [2.45, 2.75) is 0 Å². The molecule has 1 rings (SSSR count). The van der Waals surface area contributed by atoms with Gasteiger partial charge in [-0.2, -0.15) is 4.98 Å². The second-order valence-corrected chi connectivity index (χ2v) is 0.990. The van der Waals surface area contributed by atoms with E-state index in [0.29, 0.717) is 0 Å². The number of rotatable bonds is 0. The zero-order valence-electron chi connectivity index (χ0n) is 4.40. The minimum absolute atomic E-state index is 0. The Morgan fingerprint density at radius 1 is 1.56 bits per heavy atom. The van der Waals surface area contributed by atoms with Crippen LogP contribution in [-0.2, 0) is 0 Å². The first-order valence-corrected chi connectivity index (χ1v) is 1.79. The molecule has 0 aliphatic carbocycles. The van der Waals surface area contributed by atoms with Crippen LogP contribution >= 0.6 is 12.4 Å². The number of aromatic nitrogens is 1. The number of halogens is 1. The lowest BCUT2D eigenvalue weighted by molar-refractivity contribution is 0.483. The zero-order valence-corrected chi connectivity index (χ0v) is 5.22. The Hall–Kier alpha value is -0.870. The lowest BCUT2D eigenvalue weighted by atomic mass is 10.7. The van der Waals surface area contributed by atoms with Crippen LogP contribution in [0.3, 0.4) is 0 Å². The first-order valence-electron chi connectivity index (χ1n) is 1.79. The van der Waals surface area contributed by atoms with Crippen molar-refractivity contribution >= 4 is 12.4 Å². The van der Waals surface area contributed by atoms with Gasteiger partial charge < -0.3 is 9.89 Å². The summed E-state index contributed by atoms with van der Waals surface area (Å²) < 4.78 is 4.26. The molecule has 0 unspecified atom stereocenters. The van der Waals surface area contributed by atoms with Crippen molar-refractivity contribution in [3.05, 3.63) is 29.1 Å². The molecule has 0 atom stereocenters. The maximum absolute atomic E-state index is 9.99. The van der Waals surface area contributed by atoms with Gasteiger partial charge in [-0.1, -0.05) is 0 Å². The van der Waals surface area contributed by atoms with E-state index in [0.717, 1.165) is 0 Å². The third-order valence-corrected chi connectivity index (χ3v) is 0.513. The van der Waals surface area contributed by atoms with Crippen LogP contribution in [0.5, 0.6) is 0 Å². The summed E-state index contributed by atoms with van der Waals surface area (Å²) in [5, 5.41) is 0. The van der Waals surface area contributed by atoms with E-state index < -0.39 is 5.76 Å². The Balaban J connectivity index is 0. The summed E-state index contributed by atoms with van der Waals surface area (Å²) in [6, 6.07) is 1.54. The third-order valence-electron chi connectivity index (χ3n) is 0.513. The first-order chi connectivity index (χ1) is 3.39. The largest absolute Gasteiger partial charge is 0.438 e. The van der Waals surface area contributed by atoms with Gasteiger partial charge in [-0.3, -0.25) is 0 Å². The molecule has 0 radical (unpaired) electrons. The average Bonchev–Trinajstić information content (AvgIpc) is 1.69. The van der Waals surface area contributed by atoms with Crippen LogP contribution in [0.1, 0.15) is 0 Å². The summed E-state index contributed by atoms with van der Waals surface area (Å²) >= 11 is 0. The Morgan fingerprint density at radius 3 is 2.44 bits per heavy atom. The van der Waals surface area contributed by atoms with Gasteiger partial charge in [-0.25, -0.2) is 4.79 Å². The van der Waals surface area contributed by atoms with E-state index >= 15 is 0 Å². The van der Waals surface area contributed by atoms with Crippen LogP contribution in [0.2, 0.25) is 0 Å². The van der Waals surface area contributed by atoms with E-state index in [1.807, 2.05) is 0 Å². The number of nitrogens with zero attached hydrogens (tertiary/aromatic N) is 1. The van der Waals surface area contributed by atoms with E-state index in [1.54, 1.807) is 6.07 Å². The fourth-order valence-electron chi connectivity index (χ4n) is 0.267. The second-order valence-electron chi connectivity index (χ2n) is 0.990. The van der Waals surface area contributed by atoms with Crippen molar-refractivity contribution < 1.29 is 9.89 Å². The molecular formula is C4H6ClNO3. The van der Waals surface area contributed by atoms with Gasteiger partial charge in [0.05, 0.1) is 6.26 Å². The fourth-order valence-corrected chi connectivity index (χ4v) is 0.267. The molecule has 2 N–H and O–H groups in total. The van der Waals surface area contributed by atoms with Crippen molar-refractivity contribution in [3.63, 3.8) is 0 Å². The van der Waals surface area contributed by atoms with E-state index in [1.165, 1.54) is 12.5 Å². The van der Waals surface area contributed by atoms with Gasteiger partial charge in [-0.05, 0) is 6.07 Å². The molecule has 0 aromatic carbocycles. The Kier molecular flexibility index (Phi) is 6.44. The molecule has 0 aliphatic heterocycles. The molecule has 9 heavy (non-hydrogen) atoms. The first kappa shape index (κ1) is 11.0. The van der Waals surface area contributed by atoms with Gasteiger partial charge in [0.1, 0.15) is 0 Å². The van der Waals surface area contributed by atoms with Gasteiger partial charge in [0.2, 0.25) is 0 Å². The molecule has 0 aliphatic rings. The fraction of sp³-hybridized carbons (Fsp3) is 0. The van der Waals surface area contributed by atoms with Crippen LogP contribution in [0.25, 0.3) is 0 Å². The van der Waals surface area contributed by atoms with Gasteiger partial charge in [0.25, 0.3) is 0 Å². The van der Waals surface area contributed by atoms with E-state index in [-0.39, 0.29) is 17.9 Å². The predicted molar refractivity (Wildman–Crippen MR) is 33.6 cm³/mol. The Morgan fingerprint density at radius 2 is 2.22 bits per heavy atom. The van der Waals surface area contributed by atoms with Crippen molar-refractivity contribution in [2.24, 2.45) is 0 Å². The topological polar surface area (TPSA) is 74.6 Å². The van der Waals surface area contributed by atoms with Crippen molar-refractivity contribution in [1.29, 1.82) is 0 Å². The number of hydrogen-bond acceptors (Lipinski definition) is 3. The summed E-state index contributed by atoms with van der Waals surface area (Å²) in [5.74, 6) is -0.553. The third kappa shape index (κ3) is 3.69. The highest BCUT2D eigenvalue weighted by molar-refractivity contribution is 5.85. The second kappa shape index (κ2) is 5.27. The summed E-state index contributed by atoms with van der Waals surface area (Å²) in [5.41, 5.74) is 0. The molecule has 52 valence electrons. The molecular weight excluding hydrogens is 146 g/mol. The maximum atomic E-state index is 9.99. The molecule has 0 amide bonds. The highest BCUT2D eigenvalue weighted by atomic mass is 35.5. The molecule has 1 aromatic heterocycles. The normalized spacial score (nSPS) is 6.67. The molecule has 0 saturated heterocycles. The van der Waals surface area contributed by atoms with Crippen LogP contribution < -0.4 is 5.76 Å². The van der Waals surface area contributed by atoms with Gasteiger partial charge in [-0.15, -0.1) is 12.4 Å². The van der Waals surface area contributed by atoms with E-state index in [2.05, 4.69) is 9.40 Å². The van der Waals surface area contributed by atoms with Crippen molar-refractivity contribution in [2.75, 3.05) is 0 Å². The molecule has 0 bridgehead atoms. The van der Waals surface area contributed by atoms with Crippen molar-refractivity contribution in [1.82, 2.24) is 4.98 Å². The van der Waals surface area contributed by atoms with Crippen LogP contribution in [0, 0.1) is 0 Å². The smallest absolute Gasteiger partial charge is 0.417 e. The van der Waals surface area contributed by atoms with Crippen LogP contribution in [-0.4, -0.2) is 10.5 Å². The minimum atomic E-state index is -0.553. The molecule has 4 nitrogen and oxygen atoms in total. The molecule has 0 spiro atoms. The quantitative estimate of drug-likeness (QED) is 0.508. The van der Waals surface area contributed by atoms with Gasteiger partial charge in [0.15, 0.2) is 0 Å². The average molecular weight is 152 g/mol. The highest BCUT2D eigenvalue weighted by Crippen LogP contribution is 1.67. The summed E-state index contributed by atoms with van der Waals surface area (Å²) in [7, 11) is 0. The minimum Gasteiger partial charge on any atom is -0.417 e. The molecule has 1 heterocycles. The maximum Gasteiger partial charge on any atom is 0.438 e. The van der Waals surface area contributed by atoms with E-state index in [4.69, 9.17) is 0 Å². The van der Waals surface area contributed by atoms with Gasteiger partial charge >= 0.3 is 5.76 Å². The number of hydrogen-bond donors (Lipinski definition) is 0. The monoisotopic (exact) mass is 151 g/mol. The summed E-state index contributed by atoms with van der Waals surface area (Å²) in [6.07, 6.45) is 2.67. The SMILES string of the molecule is Cl.O.O=c1nccco1. The molecule has 5 heteroatoms. The molecule has 0 saturated carbocycles. The van der Waals surface area contributed by atoms with Crippen molar-refractivity contribution in [3.8, 4) is 0 Å². The summed E-state index contributed by atoms with van der Waals surface area (Å²) in [4.78, 5) is 13.2. The van der Waals surface area contributed by atoms with Crippen LogP contribution in [0.15, 0.2) is 27.7 Å². The van der Waals surface area contributed by atoms with Crippen LogP contribution in [0.4, 0.5) is 0 Å². The zero-order chi connectivity index (χ0) is 5.11. The highest BCUT2D eigenvalue weighted by Gasteiger charge is 1.74. The van der Waals surface area contributed by atoms with E-state index in [9.17, 15) is 4.79 Å². The molecule has 1 aromatic rings.